The first kappa shape index (κ1) is 23.5. The maximum atomic E-state index is 13.7. The molecule has 3 heterocycles. The van der Waals surface area contributed by atoms with Crippen LogP contribution in [0.25, 0.3) is 11.0 Å². The van der Waals surface area contributed by atoms with Crippen molar-refractivity contribution in [2.75, 3.05) is 13.1 Å². The van der Waals surface area contributed by atoms with Crippen LogP contribution in [0.2, 0.25) is 0 Å². The predicted octanol–water partition coefficient (Wildman–Crippen LogP) is 5.05. The smallest absolute Gasteiger partial charge is 0.261 e. The fourth-order valence-corrected chi connectivity index (χ4v) is 5.61. The van der Waals surface area contributed by atoms with Crippen LogP contribution in [0.1, 0.15) is 69.5 Å². The molecule has 2 amide bonds. The van der Waals surface area contributed by atoms with E-state index in [1.165, 1.54) is 22.6 Å². The summed E-state index contributed by atoms with van der Waals surface area (Å²) in [5.41, 5.74) is 4.78. The molecule has 188 valence electrons. The Hall–Kier alpha value is -3.91. The van der Waals surface area contributed by atoms with Crippen LogP contribution in [0.15, 0.2) is 60.8 Å². The highest BCUT2D eigenvalue weighted by Gasteiger charge is 2.34. The maximum absolute atomic E-state index is 13.7. The van der Waals surface area contributed by atoms with Crippen molar-refractivity contribution in [2.45, 2.75) is 44.7 Å². The van der Waals surface area contributed by atoms with E-state index in [9.17, 15) is 14.0 Å². The van der Waals surface area contributed by atoms with Crippen molar-refractivity contribution in [3.8, 4) is 0 Å². The Labute approximate surface area is 214 Å². The van der Waals surface area contributed by atoms with Gasteiger partial charge >= 0.3 is 0 Å². The Morgan fingerprint density at radius 2 is 1.84 bits per heavy atom. The third kappa shape index (κ3) is 4.53. The molecule has 2 aromatic heterocycles. The van der Waals surface area contributed by atoms with Gasteiger partial charge in [-0.05, 0) is 80.6 Å². The lowest BCUT2D eigenvalue weighted by molar-refractivity contribution is 0.0648. The number of hydrogen-bond donors (Lipinski definition) is 1. The van der Waals surface area contributed by atoms with Gasteiger partial charge in [0.25, 0.3) is 11.8 Å². The molecule has 2 aromatic carbocycles. The molecule has 0 spiro atoms. The average Bonchev–Trinajstić information content (AvgIpc) is 3.43. The van der Waals surface area contributed by atoms with E-state index in [1.54, 1.807) is 30.3 Å². The number of benzene rings is 2. The van der Waals surface area contributed by atoms with Crippen LogP contribution in [0.5, 0.6) is 0 Å². The number of rotatable bonds is 8. The number of carbonyl (C=O) groups excluding carboxylic acids is 2. The first-order valence-corrected chi connectivity index (χ1v) is 12.9. The molecule has 4 aromatic rings. The summed E-state index contributed by atoms with van der Waals surface area (Å²) in [6, 6.07) is 15.9. The van der Waals surface area contributed by atoms with Crippen molar-refractivity contribution < 1.29 is 14.0 Å². The summed E-state index contributed by atoms with van der Waals surface area (Å²) in [4.78, 5) is 41.9. The van der Waals surface area contributed by atoms with Gasteiger partial charge < -0.3 is 4.98 Å². The second-order valence-electron chi connectivity index (χ2n) is 9.79. The lowest BCUT2D eigenvalue weighted by Gasteiger charge is -2.34. The summed E-state index contributed by atoms with van der Waals surface area (Å²) in [5, 5.41) is 0. The molecule has 0 saturated heterocycles. The summed E-state index contributed by atoms with van der Waals surface area (Å²) < 4.78 is 13.7. The maximum Gasteiger partial charge on any atom is 0.261 e. The van der Waals surface area contributed by atoms with Crippen molar-refractivity contribution in [3.63, 3.8) is 0 Å². The molecule has 0 bridgehead atoms. The number of H-pyrrole nitrogens is 1. The Morgan fingerprint density at radius 3 is 2.65 bits per heavy atom. The topological polar surface area (TPSA) is 82.2 Å². The minimum atomic E-state index is -0.293. The number of halogens is 1. The van der Waals surface area contributed by atoms with Gasteiger partial charge in [0.1, 0.15) is 11.6 Å². The molecule has 6 rings (SSSR count). The van der Waals surface area contributed by atoms with Gasteiger partial charge in [0.15, 0.2) is 0 Å². The molecule has 0 radical (unpaired) electrons. The number of hydrogen-bond acceptors (Lipinski definition) is 5. The summed E-state index contributed by atoms with van der Waals surface area (Å²) in [6.45, 7) is 1.73. The van der Waals surface area contributed by atoms with Crippen LogP contribution < -0.4 is 0 Å². The number of fused-ring (bicyclic) bond motifs is 3. The summed E-state index contributed by atoms with van der Waals surface area (Å²) >= 11 is 0. The fraction of sp³-hybridized carbons (Fsp3) is 0.310. The number of aromatic amines is 1. The van der Waals surface area contributed by atoms with Crippen molar-refractivity contribution in [1.29, 1.82) is 0 Å². The number of aromatic nitrogens is 3. The molecular formula is C29H28FN5O2. The zero-order valence-corrected chi connectivity index (χ0v) is 20.5. The first-order chi connectivity index (χ1) is 18.1. The fourth-order valence-electron chi connectivity index (χ4n) is 5.61. The largest absolute Gasteiger partial charge is 0.341 e. The van der Waals surface area contributed by atoms with E-state index in [4.69, 9.17) is 9.97 Å². The molecule has 0 fully saturated rings. The van der Waals surface area contributed by atoms with Crippen LogP contribution in [0.3, 0.4) is 0 Å². The van der Waals surface area contributed by atoms with E-state index in [2.05, 4.69) is 16.0 Å². The molecule has 8 heteroatoms. The Kier molecular flexibility index (Phi) is 6.26. The van der Waals surface area contributed by atoms with Gasteiger partial charge in [0.05, 0.1) is 40.4 Å². The second kappa shape index (κ2) is 9.86. The molecular weight excluding hydrogens is 469 g/mol. The number of carbonyl (C=O) groups is 2. The van der Waals surface area contributed by atoms with E-state index >= 15 is 0 Å². The van der Waals surface area contributed by atoms with E-state index in [1.807, 2.05) is 12.3 Å². The molecule has 1 atom stereocenters. The third-order valence-corrected chi connectivity index (χ3v) is 7.41. The van der Waals surface area contributed by atoms with Crippen LogP contribution in [0, 0.1) is 5.82 Å². The standard InChI is InChI=1S/C29H28FN5O2/c30-20-12-13-23-24(17-20)33-26(32-23)18-34(25-11-5-7-19-8-6-14-31-27(19)25)15-3-4-16-35-28(36)21-9-1-2-10-22(21)29(35)37/h1-2,6,8-10,12-14,17,25H,3-5,7,11,15-16,18H2,(H,32,33). The number of unbranched alkanes of at least 4 members (excludes halogenated alkanes) is 1. The van der Waals surface area contributed by atoms with Crippen molar-refractivity contribution in [3.05, 3.63) is 94.8 Å². The van der Waals surface area contributed by atoms with Crippen molar-refractivity contribution >= 4 is 22.8 Å². The predicted molar refractivity (Wildman–Crippen MR) is 137 cm³/mol. The number of nitrogens with one attached hydrogen (secondary N) is 1. The SMILES string of the molecule is O=C1c2ccccc2C(=O)N1CCCCN(Cc1nc2ccc(F)cc2[nH]1)C1CCCc2cccnc21. The highest BCUT2D eigenvalue weighted by molar-refractivity contribution is 6.21. The van der Waals surface area contributed by atoms with E-state index in [0.717, 1.165) is 49.3 Å². The summed E-state index contributed by atoms with van der Waals surface area (Å²) in [5.74, 6) is 0.0665. The second-order valence-corrected chi connectivity index (χ2v) is 9.79. The van der Waals surface area contributed by atoms with Gasteiger partial charge in [-0.2, -0.15) is 0 Å². The lowest BCUT2D eigenvalue weighted by atomic mass is 9.90. The Balaban J connectivity index is 1.18. The number of amides is 2. The summed E-state index contributed by atoms with van der Waals surface area (Å²) in [7, 11) is 0. The van der Waals surface area contributed by atoms with Gasteiger partial charge in [-0.15, -0.1) is 0 Å². The van der Waals surface area contributed by atoms with Gasteiger partial charge in [-0.25, -0.2) is 9.37 Å². The molecule has 7 nitrogen and oxygen atoms in total. The van der Waals surface area contributed by atoms with Crippen LogP contribution in [-0.4, -0.2) is 49.7 Å². The normalized spacial score (nSPS) is 17.0. The minimum absolute atomic E-state index is 0.147. The van der Waals surface area contributed by atoms with Crippen molar-refractivity contribution in [1.82, 2.24) is 24.8 Å². The zero-order chi connectivity index (χ0) is 25.4. The molecule has 1 N–H and O–H groups in total. The van der Waals surface area contributed by atoms with Crippen molar-refractivity contribution in [2.24, 2.45) is 0 Å². The number of aryl methyl sites for hydroxylation is 1. The van der Waals surface area contributed by atoms with Gasteiger partial charge in [-0.1, -0.05) is 18.2 Å². The number of nitrogens with zero attached hydrogens (tertiary/aromatic N) is 4. The highest BCUT2D eigenvalue weighted by Crippen LogP contribution is 2.34. The molecule has 1 unspecified atom stereocenters. The Bertz CT molecular complexity index is 1450. The number of imide groups is 1. The van der Waals surface area contributed by atoms with Crippen LogP contribution in [-0.2, 0) is 13.0 Å². The molecule has 37 heavy (non-hydrogen) atoms. The lowest BCUT2D eigenvalue weighted by Crippen LogP contribution is -2.34. The Morgan fingerprint density at radius 1 is 1.03 bits per heavy atom. The van der Waals surface area contributed by atoms with Gasteiger partial charge in [0, 0.05) is 12.7 Å². The zero-order valence-electron chi connectivity index (χ0n) is 20.5. The molecule has 0 saturated carbocycles. The number of imidazole rings is 1. The van der Waals surface area contributed by atoms with E-state index in [0.29, 0.717) is 36.2 Å². The average molecular weight is 498 g/mol. The monoisotopic (exact) mass is 497 g/mol. The van der Waals surface area contributed by atoms with Crippen LogP contribution >= 0.6 is 0 Å². The van der Waals surface area contributed by atoms with Crippen LogP contribution in [0.4, 0.5) is 4.39 Å². The van der Waals surface area contributed by atoms with E-state index < -0.39 is 0 Å². The summed E-state index contributed by atoms with van der Waals surface area (Å²) in [6.07, 6.45) is 6.46. The molecule has 1 aliphatic carbocycles. The van der Waals surface area contributed by atoms with Gasteiger partial charge in [-0.3, -0.25) is 24.4 Å². The van der Waals surface area contributed by atoms with E-state index in [-0.39, 0.29) is 23.7 Å². The quantitative estimate of drug-likeness (QED) is 0.272. The first-order valence-electron chi connectivity index (χ1n) is 12.9. The number of pyridine rings is 1. The molecule has 1 aliphatic heterocycles. The molecule has 2 aliphatic rings. The third-order valence-electron chi connectivity index (χ3n) is 7.41. The highest BCUT2D eigenvalue weighted by atomic mass is 19.1. The minimum Gasteiger partial charge on any atom is -0.341 e. The van der Waals surface area contributed by atoms with Gasteiger partial charge in [0.2, 0.25) is 0 Å².